The van der Waals surface area contributed by atoms with Gasteiger partial charge in [0, 0.05) is 0 Å². The first-order valence-corrected chi connectivity index (χ1v) is 7.63. The molecule has 18 heavy (non-hydrogen) atoms. The molecule has 0 aromatic carbocycles. The number of quaternary nitrogens is 1. The van der Waals surface area contributed by atoms with E-state index in [1.807, 2.05) is 20.8 Å². The Balaban J connectivity index is 2.13. The van der Waals surface area contributed by atoms with Gasteiger partial charge in [0.2, 0.25) is 0 Å². The largest absolute Gasteiger partial charge is 0.385 e. The van der Waals surface area contributed by atoms with Crippen LogP contribution in [0.1, 0.15) is 65.7 Å². The molecule has 1 fully saturated rings. The molecule has 0 radical (unpaired) electrons. The summed E-state index contributed by atoms with van der Waals surface area (Å²) in [5, 5.41) is 12.2. The summed E-state index contributed by atoms with van der Waals surface area (Å²) in [5.74, 6) is 0. The fourth-order valence-corrected chi connectivity index (χ4v) is 2.49. The summed E-state index contributed by atoms with van der Waals surface area (Å²) in [4.78, 5) is 0. The summed E-state index contributed by atoms with van der Waals surface area (Å²) < 4.78 is 5.61. The highest BCUT2D eigenvalue weighted by Crippen LogP contribution is 2.15. The van der Waals surface area contributed by atoms with Gasteiger partial charge in [-0.15, -0.1) is 0 Å². The number of aliphatic hydroxyl groups excluding tert-OH is 1. The van der Waals surface area contributed by atoms with E-state index in [-0.39, 0.29) is 11.7 Å². The first-order chi connectivity index (χ1) is 8.47. The lowest BCUT2D eigenvalue weighted by atomic mass is 9.96. The number of ether oxygens (including phenoxy) is 1. The number of hydrogen-bond donors (Lipinski definition) is 2. The Kier molecular flexibility index (Phi) is 7.20. The molecular weight excluding hydrogens is 226 g/mol. The molecule has 3 nitrogen and oxygen atoms in total. The summed E-state index contributed by atoms with van der Waals surface area (Å²) >= 11 is 0. The van der Waals surface area contributed by atoms with Crippen molar-refractivity contribution in [2.45, 2.75) is 83.5 Å². The summed E-state index contributed by atoms with van der Waals surface area (Å²) in [6.45, 7) is 7.31. The third-order valence-corrected chi connectivity index (χ3v) is 3.60. The maximum Gasteiger partial charge on any atom is 0.126 e. The molecule has 1 saturated carbocycles. The van der Waals surface area contributed by atoms with Crippen molar-refractivity contribution in [1.82, 2.24) is 0 Å². The van der Waals surface area contributed by atoms with E-state index < -0.39 is 0 Å². The van der Waals surface area contributed by atoms with Gasteiger partial charge >= 0.3 is 0 Å². The summed E-state index contributed by atoms with van der Waals surface area (Å²) in [6.07, 6.45) is 9.19. The van der Waals surface area contributed by atoms with E-state index in [0.717, 1.165) is 12.6 Å². The molecule has 0 amide bonds. The van der Waals surface area contributed by atoms with Gasteiger partial charge in [0.15, 0.2) is 0 Å². The normalized spacial score (nSPS) is 21.3. The lowest BCUT2D eigenvalue weighted by Gasteiger charge is -2.23. The fraction of sp³-hybridized carbons (Fsp3) is 1.00. The Bertz CT molecular complexity index is 205. The van der Waals surface area contributed by atoms with Gasteiger partial charge in [-0.1, -0.05) is 19.3 Å². The standard InChI is InChI=1S/C15H31NO2/c1-15(2,3)18-12-14(17)11-16-13-9-7-5-4-6-8-10-13/h13-14,16-17H,4-12H2,1-3H3/p+1/t14-/m0/s1. The Morgan fingerprint density at radius 3 is 2.22 bits per heavy atom. The molecular formula is C15H32NO2+. The Labute approximate surface area is 112 Å². The van der Waals surface area contributed by atoms with Crippen LogP contribution in [0.3, 0.4) is 0 Å². The van der Waals surface area contributed by atoms with Crippen molar-refractivity contribution in [2.75, 3.05) is 13.2 Å². The van der Waals surface area contributed by atoms with Crippen LogP contribution < -0.4 is 5.32 Å². The molecule has 0 aromatic rings. The maximum atomic E-state index is 9.91. The Morgan fingerprint density at radius 2 is 1.67 bits per heavy atom. The smallest absolute Gasteiger partial charge is 0.126 e. The van der Waals surface area contributed by atoms with Gasteiger partial charge in [0.25, 0.3) is 0 Å². The highest BCUT2D eigenvalue weighted by atomic mass is 16.5. The zero-order valence-electron chi connectivity index (χ0n) is 12.5. The van der Waals surface area contributed by atoms with Gasteiger partial charge in [-0.2, -0.15) is 0 Å². The third-order valence-electron chi connectivity index (χ3n) is 3.60. The summed E-state index contributed by atoms with van der Waals surface area (Å²) in [5.41, 5.74) is -0.152. The van der Waals surface area contributed by atoms with Gasteiger partial charge in [-0.25, -0.2) is 0 Å². The van der Waals surface area contributed by atoms with Crippen LogP contribution in [0.15, 0.2) is 0 Å². The molecule has 0 heterocycles. The molecule has 0 aromatic heterocycles. The predicted octanol–water partition coefficient (Wildman–Crippen LogP) is 1.84. The van der Waals surface area contributed by atoms with Crippen LogP contribution in [0.25, 0.3) is 0 Å². The highest BCUT2D eigenvalue weighted by molar-refractivity contribution is 4.63. The zero-order valence-corrected chi connectivity index (χ0v) is 12.5. The van der Waals surface area contributed by atoms with E-state index in [1.165, 1.54) is 44.9 Å². The molecule has 1 aliphatic rings. The van der Waals surface area contributed by atoms with Crippen molar-refractivity contribution in [3.63, 3.8) is 0 Å². The molecule has 1 aliphatic carbocycles. The Morgan fingerprint density at radius 1 is 1.11 bits per heavy atom. The second-order valence-electron chi connectivity index (χ2n) is 6.65. The summed E-state index contributed by atoms with van der Waals surface area (Å²) in [7, 11) is 0. The van der Waals surface area contributed by atoms with Crippen LogP contribution in [0.2, 0.25) is 0 Å². The molecule has 3 heteroatoms. The molecule has 108 valence electrons. The van der Waals surface area contributed by atoms with Crippen LogP contribution in [-0.2, 0) is 4.74 Å². The first-order valence-electron chi connectivity index (χ1n) is 7.63. The number of nitrogens with two attached hydrogens (primary N) is 1. The quantitative estimate of drug-likeness (QED) is 0.790. The lowest BCUT2D eigenvalue weighted by Crippen LogP contribution is -2.92. The van der Waals surface area contributed by atoms with Crippen LogP contribution in [-0.4, -0.2) is 36.0 Å². The SMILES string of the molecule is CC(C)(C)OC[C@@H](O)C[NH2+]C1CCCCCCC1. The fourth-order valence-electron chi connectivity index (χ4n) is 2.49. The van der Waals surface area contributed by atoms with Crippen molar-refractivity contribution >= 4 is 0 Å². The number of aliphatic hydroxyl groups is 1. The third kappa shape index (κ3) is 8.06. The molecule has 0 aliphatic heterocycles. The lowest BCUT2D eigenvalue weighted by molar-refractivity contribution is -0.696. The number of hydrogen-bond acceptors (Lipinski definition) is 2. The molecule has 1 rings (SSSR count). The Hall–Kier alpha value is -0.120. The van der Waals surface area contributed by atoms with Crippen LogP contribution in [0.4, 0.5) is 0 Å². The van der Waals surface area contributed by atoms with Crippen LogP contribution in [0, 0.1) is 0 Å². The minimum atomic E-state index is -0.338. The van der Waals surface area contributed by atoms with Gasteiger partial charge in [0.1, 0.15) is 12.6 Å². The maximum absolute atomic E-state index is 9.91. The van der Waals surface area contributed by atoms with Crippen molar-refractivity contribution in [3.05, 3.63) is 0 Å². The first kappa shape index (κ1) is 15.9. The predicted molar refractivity (Wildman–Crippen MR) is 74.6 cm³/mol. The molecule has 3 N–H and O–H groups in total. The zero-order chi connectivity index (χ0) is 13.4. The molecule has 0 unspecified atom stereocenters. The van der Waals surface area contributed by atoms with Gasteiger partial charge < -0.3 is 15.2 Å². The topological polar surface area (TPSA) is 46.1 Å². The minimum Gasteiger partial charge on any atom is -0.385 e. The van der Waals surface area contributed by atoms with E-state index in [9.17, 15) is 5.11 Å². The average molecular weight is 258 g/mol. The minimum absolute atomic E-state index is 0.152. The van der Waals surface area contributed by atoms with Crippen LogP contribution >= 0.6 is 0 Å². The molecule has 0 spiro atoms. The highest BCUT2D eigenvalue weighted by Gasteiger charge is 2.18. The van der Waals surface area contributed by atoms with E-state index in [0.29, 0.717) is 6.61 Å². The van der Waals surface area contributed by atoms with Gasteiger partial charge in [-0.3, -0.25) is 0 Å². The van der Waals surface area contributed by atoms with E-state index >= 15 is 0 Å². The average Bonchev–Trinajstić information content (AvgIpc) is 2.24. The monoisotopic (exact) mass is 258 g/mol. The van der Waals surface area contributed by atoms with E-state index in [1.54, 1.807) is 0 Å². The van der Waals surface area contributed by atoms with E-state index in [4.69, 9.17) is 4.74 Å². The molecule has 0 saturated heterocycles. The number of rotatable bonds is 5. The molecule has 0 bridgehead atoms. The van der Waals surface area contributed by atoms with Crippen molar-refractivity contribution in [1.29, 1.82) is 0 Å². The van der Waals surface area contributed by atoms with E-state index in [2.05, 4.69) is 5.32 Å². The summed E-state index contributed by atoms with van der Waals surface area (Å²) in [6, 6.07) is 0.717. The van der Waals surface area contributed by atoms with Crippen molar-refractivity contribution < 1.29 is 15.2 Å². The van der Waals surface area contributed by atoms with Crippen LogP contribution in [0.5, 0.6) is 0 Å². The van der Waals surface area contributed by atoms with Crippen molar-refractivity contribution in [3.8, 4) is 0 Å². The second-order valence-corrected chi connectivity index (χ2v) is 6.65. The molecule has 1 atom stereocenters. The van der Waals surface area contributed by atoms with Gasteiger partial charge in [0.05, 0.1) is 18.2 Å². The second kappa shape index (κ2) is 8.13. The van der Waals surface area contributed by atoms with Gasteiger partial charge in [-0.05, 0) is 46.5 Å². The van der Waals surface area contributed by atoms with Crippen molar-refractivity contribution in [2.24, 2.45) is 0 Å².